The molecule has 146 valence electrons. The minimum absolute atomic E-state index is 0. The smallest absolute Gasteiger partial charge is 0.225 e. The summed E-state index contributed by atoms with van der Waals surface area (Å²) in [5.74, 6) is 1.36. The summed E-state index contributed by atoms with van der Waals surface area (Å²) in [4.78, 5) is 18.3. The molecule has 1 heterocycles. The fourth-order valence-electron chi connectivity index (χ4n) is 2.99. The normalized spacial score (nSPS) is 17.2. The van der Waals surface area contributed by atoms with Crippen LogP contribution >= 0.6 is 24.0 Å². The number of carbonyl (C=O) groups is 1. The van der Waals surface area contributed by atoms with Crippen molar-refractivity contribution in [2.75, 3.05) is 26.7 Å². The summed E-state index contributed by atoms with van der Waals surface area (Å²) >= 11 is 0. The van der Waals surface area contributed by atoms with Crippen LogP contribution in [0.5, 0.6) is 5.75 Å². The van der Waals surface area contributed by atoms with Gasteiger partial charge in [-0.05, 0) is 37.0 Å². The van der Waals surface area contributed by atoms with Crippen molar-refractivity contribution in [3.05, 3.63) is 29.8 Å². The van der Waals surface area contributed by atoms with E-state index in [1.165, 1.54) is 5.56 Å². The molecular weight excluding hydrogens is 443 g/mol. The largest absolute Gasteiger partial charge is 0.508 e. The van der Waals surface area contributed by atoms with E-state index in [1.54, 1.807) is 19.2 Å². The Morgan fingerprint density at radius 2 is 2.04 bits per heavy atom. The molecule has 1 aromatic rings. The topological polar surface area (TPSA) is 77.0 Å². The van der Waals surface area contributed by atoms with Crippen molar-refractivity contribution in [1.29, 1.82) is 0 Å². The lowest BCUT2D eigenvalue weighted by atomic mass is 10.1. The number of phenols is 1. The van der Waals surface area contributed by atoms with Crippen LogP contribution in [-0.2, 0) is 11.2 Å². The number of phenolic OH excluding ortho intramolecular Hbond substituents is 1. The number of carbonyl (C=O) groups excluding carboxylic acids is 1. The molecule has 0 bridgehead atoms. The van der Waals surface area contributed by atoms with Crippen LogP contribution in [0.2, 0.25) is 0 Å². The highest BCUT2D eigenvalue weighted by Gasteiger charge is 2.27. The van der Waals surface area contributed by atoms with E-state index >= 15 is 0 Å². The standard InChI is InChI=1S/C19H30N4O2.HI/c1-14(2)18(25)23-12-10-16(13-23)22-19(20-3)21-11-4-5-15-6-8-17(24)9-7-15;/h6-9,14,16,24H,4-5,10-13H2,1-3H3,(H2,20,21,22);1H. The first-order valence-corrected chi connectivity index (χ1v) is 9.03. The van der Waals surface area contributed by atoms with Crippen molar-refractivity contribution < 1.29 is 9.90 Å². The molecule has 0 saturated carbocycles. The summed E-state index contributed by atoms with van der Waals surface area (Å²) in [6.45, 7) is 6.26. The second-order valence-electron chi connectivity index (χ2n) is 6.84. The van der Waals surface area contributed by atoms with Crippen LogP contribution in [0.15, 0.2) is 29.3 Å². The molecule has 3 N–H and O–H groups in total. The summed E-state index contributed by atoms with van der Waals surface area (Å²) in [5.41, 5.74) is 1.21. The molecule has 1 fully saturated rings. The van der Waals surface area contributed by atoms with Crippen LogP contribution in [0, 0.1) is 5.92 Å². The van der Waals surface area contributed by atoms with Gasteiger partial charge < -0.3 is 20.6 Å². The molecule has 7 heteroatoms. The van der Waals surface area contributed by atoms with Gasteiger partial charge in [0.25, 0.3) is 0 Å². The lowest BCUT2D eigenvalue weighted by Crippen LogP contribution is -2.45. The lowest BCUT2D eigenvalue weighted by Gasteiger charge is -2.20. The molecule has 0 aromatic heterocycles. The summed E-state index contributed by atoms with van der Waals surface area (Å²) in [7, 11) is 1.77. The molecule has 26 heavy (non-hydrogen) atoms. The number of aryl methyl sites for hydroxylation is 1. The zero-order valence-corrected chi connectivity index (χ0v) is 18.2. The molecule has 1 unspecified atom stereocenters. The highest BCUT2D eigenvalue weighted by molar-refractivity contribution is 14.0. The van der Waals surface area contributed by atoms with Gasteiger partial charge in [-0.1, -0.05) is 26.0 Å². The molecule has 0 radical (unpaired) electrons. The van der Waals surface area contributed by atoms with Gasteiger partial charge in [0.1, 0.15) is 5.75 Å². The van der Waals surface area contributed by atoms with Crippen molar-refractivity contribution in [3.8, 4) is 5.75 Å². The Morgan fingerprint density at radius 3 is 2.65 bits per heavy atom. The highest BCUT2D eigenvalue weighted by Crippen LogP contribution is 2.13. The predicted molar refractivity (Wildman–Crippen MR) is 116 cm³/mol. The van der Waals surface area contributed by atoms with Gasteiger partial charge in [0.2, 0.25) is 5.91 Å². The number of nitrogens with one attached hydrogen (secondary N) is 2. The quantitative estimate of drug-likeness (QED) is 0.256. The van der Waals surface area contributed by atoms with E-state index in [2.05, 4.69) is 15.6 Å². The minimum Gasteiger partial charge on any atom is -0.508 e. The summed E-state index contributed by atoms with van der Waals surface area (Å²) in [6, 6.07) is 7.58. The molecule has 2 rings (SSSR count). The molecule has 1 atom stereocenters. The number of halogens is 1. The van der Waals surface area contributed by atoms with E-state index in [0.29, 0.717) is 5.75 Å². The van der Waals surface area contributed by atoms with Gasteiger partial charge in [-0.25, -0.2) is 0 Å². The number of aliphatic imine (C=N–C) groups is 1. The third-order valence-electron chi connectivity index (χ3n) is 4.43. The van der Waals surface area contributed by atoms with Gasteiger partial charge >= 0.3 is 0 Å². The van der Waals surface area contributed by atoms with Crippen molar-refractivity contribution in [1.82, 2.24) is 15.5 Å². The second-order valence-corrected chi connectivity index (χ2v) is 6.84. The summed E-state index contributed by atoms with van der Waals surface area (Å²) in [6.07, 6.45) is 2.88. The van der Waals surface area contributed by atoms with Crippen molar-refractivity contribution >= 4 is 35.8 Å². The van der Waals surface area contributed by atoms with E-state index in [0.717, 1.165) is 44.9 Å². The number of nitrogens with zero attached hydrogens (tertiary/aromatic N) is 2. The molecule has 1 saturated heterocycles. The average molecular weight is 474 g/mol. The SMILES string of the molecule is CN=C(NCCCc1ccc(O)cc1)NC1CCN(C(=O)C(C)C)C1.I. The van der Waals surface area contributed by atoms with E-state index in [9.17, 15) is 9.90 Å². The van der Waals surface area contributed by atoms with Gasteiger partial charge in [-0.3, -0.25) is 9.79 Å². The van der Waals surface area contributed by atoms with E-state index in [-0.39, 0.29) is 41.8 Å². The van der Waals surface area contributed by atoms with E-state index in [1.807, 2.05) is 30.9 Å². The first kappa shape index (κ1) is 22.5. The molecule has 1 aliphatic heterocycles. The Bertz CT molecular complexity index is 590. The summed E-state index contributed by atoms with van der Waals surface area (Å²) < 4.78 is 0. The van der Waals surface area contributed by atoms with Crippen LogP contribution in [0.1, 0.15) is 32.3 Å². The van der Waals surface area contributed by atoms with E-state index < -0.39 is 0 Å². The van der Waals surface area contributed by atoms with Crippen LogP contribution < -0.4 is 10.6 Å². The summed E-state index contributed by atoms with van der Waals surface area (Å²) in [5, 5.41) is 16.0. The van der Waals surface area contributed by atoms with Crippen LogP contribution in [0.3, 0.4) is 0 Å². The number of hydrogen-bond acceptors (Lipinski definition) is 3. The molecule has 1 aliphatic rings. The Kier molecular flexibility index (Phi) is 9.75. The minimum atomic E-state index is 0. The predicted octanol–water partition coefficient (Wildman–Crippen LogP) is 2.36. The monoisotopic (exact) mass is 474 g/mol. The number of likely N-dealkylation sites (tertiary alicyclic amines) is 1. The Hall–Kier alpha value is -1.51. The third-order valence-corrected chi connectivity index (χ3v) is 4.43. The fourth-order valence-corrected chi connectivity index (χ4v) is 2.99. The van der Waals surface area contributed by atoms with Crippen LogP contribution in [-0.4, -0.2) is 54.6 Å². The molecule has 1 aromatic carbocycles. The van der Waals surface area contributed by atoms with Crippen molar-refractivity contribution in [2.24, 2.45) is 10.9 Å². The van der Waals surface area contributed by atoms with Gasteiger partial charge in [-0.2, -0.15) is 0 Å². The van der Waals surface area contributed by atoms with Gasteiger partial charge in [0.15, 0.2) is 5.96 Å². The molecular formula is C19H31IN4O2. The van der Waals surface area contributed by atoms with Crippen LogP contribution in [0.25, 0.3) is 0 Å². The van der Waals surface area contributed by atoms with Gasteiger partial charge in [0.05, 0.1) is 0 Å². The first-order valence-electron chi connectivity index (χ1n) is 9.03. The maximum atomic E-state index is 12.0. The molecule has 1 amide bonds. The zero-order valence-electron chi connectivity index (χ0n) is 15.9. The first-order chi connectivity index (χ1) is 12.0. The number of hydrogen-bond donors (Lipinski definition) is 3. The number of guanidine groups is 1. The fraction of sp³-hybridized carbons (Fsp3) is 0.579. The highest BCUT2D eigenvalue weighted by atomic mass is 127. The second kappa shape index (κ2) is 11.3. The molecule has 0 spiro atoms. The van der Waals surface area contributed by atoms with Crippen LogP contribution in [0.4, 0.5) is 0 Å². The Balaban J connectivity index is 0.00000338. The lowest BCUT2D eigenvalue weighted by molar-refractivity contribution is -0.133. The number of aromatic hydroxyl groups is 1. The van der Waals surface area contributed by atoms with Gasteiger partial charge in [0, 0.05) is 38.6 Å². The number of rotatable bonds is 6. The number of amides is 1. The molecule has 6 nitrogen and oxygen atoms in total. The average Bonchev–Trinajstić information content (AvgIpc) is 3.06. The number of benzene rings is 1. The third kappa shape index (κ3) is 7.01. The zero-order chi connectivity index (χ0) is 18.2. The maximum absolute atomic E-state index is 12.0. The van der Waals surface area contributed by atoms with Crippen molar-refractivity contribution in [2.45, 2.75) is 39.2 Å². The van der Waals surface area contributed by atoms with Gasteiger partial charge in [-0.15, -0.1) is 24.0 Å². The maximum Gasteiger partial charge on any atom is 0.225 e. The molecule has 0 aliphatic carbocycles. The van der Waals surface area contributed by atoms with Crippen molar-refractivity contribution in [3.63, 3.8) is 0 Å². The Labute approximate surface area is 173 Å². The van der Waals surface area contributed by atoms with E-state index in [4.69, 9.17) is 0 Å². The Morgan fingerprint density at radius 1 is 1.35 bits per heavy atom.